The maximum atomic E-state index is 13.7. The van der Waals surface area contributed by atoms with Gasteiger partial charge in [0.15, 0.2) is 11.6 Å². The summed E-state index contributed by atoms with van der Waals surface area (Å²) in [6.07, 6.45) is 0.201. The minimum Gasteiger partial charge on any atom is -0.450 e. The average Bonchev–Trinajstić information content (AvgIpc) is 3.20. The molecule has 6 nitrogen and oxygen atoms in total. The molecular formula is C18H22F3N3O3. The molecular weight excluding hydrogens is 363 g/mol. The molecule has 3 atom stereocenters. The fourth-order valence-corrected chi connectivity index (χ4v) is 3.82. The second-order valence-corrected chi connectivity index (χ2v) is 6.97. The Morgan fingerprint density at radius 2 is 1.78 bits per heavy atom. The lowest BCUT2D eigenvalue weighted by molar-refractivity contribution is -0.133. The maximum absolute atomic E-state index is 13.7. The van der Waals surface area contributed by atoms with E-state index < -0.39 is 23.5 Å². The maximum Gasteiger partial charge on any atom is 0.410 e. The topological polar surface area (TPSA) is 75.9 Å². The summed E-state index contributed by atoms with van der Waals surface area (Å²) >= 11 is 0. The number of likely N-dealkylation sites (tertiary alicyclic amines) is 2. The van der Waals surface area contributed by atoms with Crippen LogP contribution in [0.25, 0.3) is 0 Å². The van der Waals surface area contributed by atoms with E-state index in [0.29, 0.717) is 32.2 Å². The van der Waals surface area contributed by atoms with Crippen LogP contribution in [0.5, 0.6) is 0 Å². The summed E-state index contributed by atoms with van der Waals surface area (Å²) < 4.78 is 45.0. The fourth-order valence-electron chi connectivity index (χ4n) is 3.82. The Balaban J connectivity index is 1.55. The second kappa shape index (κ2) is 7.75. The van der Waals surface area contributed by atoms with Gasteiger partial charge >= 0.3 is 6.09 Å². The molecule has 0 aliphatic carbocycles. The zero-order chi connectivity index (χ0) is 19.7. The van der Waals surface area contributed by atoms with Crippen molar-refractivity contribution in [2.45, 2.75) is 44.3 Å². The van der Waals surface area contributed by atoms with Crippen molar-refractivity contribution < 1.29 is 27.5 Å². The van der Waals surface area contributed by atoms with Gasteiger partial charge in [-0.2, -0.15) is 0 Å². The Hall–Kier alpha value is -2.29. The summed E-state index contributed by atoms with van der Waals surface area (Å²) in [6.45, 7) is 2.86. The van der Waals surface area contributed by atoms with E-state index in [9.17, 15) is 22.8 Å². The van der Waals surface area contributed by atoms with Gasteiger partial charge in [-0.1, -0.05) is 0 Å². The number of fused-ring (bicyclic) bond motifs is 2. The highest BCUT2D eigenvalue weighted by Crippen LogP contribution is 2.31. The number of amides is 2. The number of carbonyl (C=O) groups is 2. The molecule has 2 N–H and O–H groups in total. The summed E-state index contributed by atoms with van der Waals surface area (Å²) in [4.78, 5) is 27.7. The Morgan fingerprint density at radius 1 is 1.15 bits per heavy atom. The van der Waals surface area contributed by atoms with Gasteiger partial charge in [0.05, 0.1) is 18.7 Å². The molecule has 3 rings (SSSR count). The molecule has 0 aromatic heterocycles. The van der Waals surface area contributed by atoms with Crippen molar-refractivity contribution in [3.63, 3.8) is 0 Å². The Kier molecular flexibility index (Phi) is 5.59. The van der Waals surface area contributed by atoms with E-state index in [1.165, 1.54) is 0 Å². The van der Waals surface area contributed by atoms with E-state index in [2.05, 4.69) is 0 Å². The molecule has 0 saturated carbocycles. The first-order chi connectivity index (χ1) is 12.8. The van der Waals surface area contributed by atoms with E-state index in [-0.39, 0.29) is 42.5 Å². The van der Waals surface area contributed by atoms with Crippen molar-refractivity contribution in [2.75, 3.05) is 19.7 Å². The molecule has 2 heterocycles. The van der Waals surface area contributed by atoms with Crippen LogP contribution >= 0.6 is 0 Å². The highest BCUT2D eigenvalue weighted by Gasteiger charge is 2.47. The van der Waals surface area contributed by atoms with E-state index in [1.54, 1.807) is 16.7 Å². The zero-order valence-corrected chi connectivity index (χ0v) is 15.0. The summed E-state index contributed by atoms with van der Waals surface area (Å²) in [6, 6.07) is 0.362. The van der Waals surface area contributed by atoms with E-state index >= 15 is 0 Å². The number of hydrogen-bond donors (Lipinski definition) is 1. The number of hydrogen-bond acceptors (Lipinski definition) is 4. The minimum atomic E-state index is -1.26. The third-order valence-electron chi connectivity index (χ3n) is 5.07. The van der Waals surface area contributed by atoms with Gasteiger partial charge in [0.2, 0.25) is 5.91 Å². The van der Waals surface area contributed by atoms with Crippen molar-refractivity contribution in [1.29, 1.82) is 0 Å². The van der Waals surface area contributed by atoms with Crippen molar-refractivity contribution in [3.8, 4) is 0 Å². The van der Waals surface area contributed by atoms with Gasteiger partial charge in [0.1, 0.15) is 5.82 Å². The van der Waals surface area contributed by atoms with Crippen molar-refractivity contribution in [2.24, 2.45) is 5.73 Å². The molecule has 0 radical (unpaired) electrons. The van der Waals surface area contributed by atoms with Crippen LogP contribution in [0, 0.1) is 17.5 Å². The molecule has 0 spiro atoms. The molecule has 2 aliphatic heterocycles. The van der Waals surface area contributed by atoms with Crippen LogP contribution in [-0.2, 0) is 16.0 Å². The van der Waals surface area contributed by atoms with Crippen LogP contribution in [0.15, 0.2) is 12.1 Å². The second-order valence-electron chi connectivity index (χ2n) is 6.97. The molecule has 2 saturated heterocycles. The van der Waals surface area contributed by atoms with Crippen LogP contribution < -0.4 is 5.73 Å². The number of carbonyl (C=O) groups excluding carboxylic acids is 2. The van der Waals surface area contributed by atoms with Gasteiger partial charge in [-0.15, -0.1) is 0 Å². The highest BCUT2D eigenvalue weighted by atomic mass is 19.2. The monoisotopic (exact) mass is 385 g/mol. The predicted octanol–water partition coefficient (Wildman–Crippen LogP) is 1.81. The molecule has 1 aromatic rings. The zero-order valence-electron chi connectivity index (χ0n) is 15.0. The number of nitrogens with zero attached hydrogens (tertiary/aromatic N) is 2. The van der Waals surface area contributed by atoms with Crippen LogP contribution in [0.1, 0.15) is 25.3 Å². The number of nitrogens with two attached hydrogens (primary N) is 1. The number of benzene rings is 1. The third-order valence-corrected chi connectivity index (χ3v) is 5.07. The lowest BCUT2D eigenvalue weighted by atomic mass is 10.0. The largest absolute Gasteiger partial charge is 0.450 e. The highest BCUT2D eigenvalue weighted by molar-refractivity contribution is 5.78. The average molecular weight is 385 g/mol. The van der Waals surface area contributed by atoms with Crippen LogP contribution in [0.3, 0.4) is 0 Å². The molecule has 1 aromatic carbocycles. The SMILES string of the molecule is CCOC(=O)N1CC2CC1CN2C(=O)C[C@H](N)Cc1cc(F)c(F)cc1F. The van der Waals surface area contributed by atoms with Crippen molar-refractivity contribution >= 4 is 12.0 Å². The van der Waals surface area contributed by atoms with Crippen molar-refractivity contribution in [3.05, 3.63) is 35.1 Å². The summed E-state index contributed by atoms with van der Waals surface area (Å²) in [5.41, 5.74) is 5.87. The number of piperazine rings is 1. The van der Waals surface area contributed by atoms with E-state index in [1.807, 2.05) is 0 Å². The Morgan fingerprint density at radius 3 is 2.41 bits per heavy atom. The first kappa shape index (κ1) is 19.5. The lowest BCUT2D eigenvalue weighted by Gasteiger charge is -2.34. The van der Waals surface area contributed by atoms with Crippen molar-refractivity contribution in [1.82, 2.24) is 9.80 Å². The Bertz CT molecular complexity index is 746. The molecule has 2 bridgehead atoms. The van der Waals surface area contributed by atoms with E-state index in [4.69, 9.17) is 10.5 Å². The standard InChI is InChI=1S/C18H22F3N3O3/c1-2-27-18(26)24-9-12-6-13(24)8-23(12)17(25)5-11(22)3-10-4-15(20)16(21)7-14(10)19/h4,7,11-13H,2-3,5-6,8-9,22H2,1H3/t11-,12?,13?/m1/s1. The van der Waals surface area contributed by atoms with Crippen LogP contribution in [-0.4, -0.2) is 59.6 Å². The van der Waals surface area contributed by atoms with Gasteiger partial charge in [0.25, 0.3) is 0 Å². The quantitative estimate of drug-likeness (QED) is 0.785. The van der Waals surface area contributed by atoms with Gasteiger partial charge in [0, 0.05) is 31.6 Å². The minimum absolute atomic E-state index is 0.0406. The summed E-state index contributed by atoms with van der Waals surface area (Å²) in [5.74, 6) is -3.50. The normalized spacial score (nSPS) is 22.3. The third kappa shape index (κ3) is 4.02. The molecule has 27 heavy (non-hydrogen) atoms. The molecule has 2 unspecified atom stereocenters. The first-order valence-corrected chi connectivity index (χ1v) is 8.92. The molecule has 2 aliphatic rings. The lowest BCUT2D eigenvalue weighted by Crippen LogP contribution is -2.51. The van der Waals surface area contributed by atoms with Crippen LogP contribution in [0.4, 0.5) is 18.0 Å². The van der Waals surface area contributed by atoms with Gasteiger partial charge in [-0.25, -0.2) is 18.0 Å². The summed E-state index contributed by atoms with van der Waals surface area (Å²) in [7, 11) is 0. The first-order valence-electron chi connectivity index (χ1n) is 8.92. The number of ether oxygens (including phenoxy) is 1. The van der Waals surface area contributed by atoms with Crippen LogP contribution in [0.2, 0.25) is 0 Å². The number of rotatable bonds is 5. The van der Waals surface area contributed by atoms with Gasteiger partial charge in [-0.3, -0.25) is 4.79 Å². The predicted molar refractivity (Wildman–Crippen MR) is 90.2 cm³/mol. The smallest absolute Gasteiger partial charge is 0.410 e. The fraction of sp³-hybridized carbons (Fsp3) is 0.556. The Labute approximate surface area is 155 Å². The molecule has 148 valence electrons. The molecule has 2 fully saturated rings. The number of halogens is 3. The van der Waals surface area contributed by atoms with Gasteiger partial charge in [-0.05, 0) is 31.4 Å². The van der Waals surface area contributed by atoms with Gasteiger partial charge < -0.3 is 20.3 Å². The molecule has 2 amide bonds. The molecule has 9 heteroatoms. The van der Waals surface area contributed by atoms with E-state index in [0.717, 1.165) is 6.07 Å². The summed E-state index contributed by atoms with van der Waals surface area (Å²) in [5, 5.41) is 0.